The monoisotopic (exact) mass is 253 g/mol. The highest BCUT2D eigenvalue weighted by Gasteiger charge is 2.11. The molecule has 0 aliphatic heterocycles. The number of rotatable bonds is 6. The molecule has 1 rings (SSSR count). The number of ether oxygens (including phenoxy) is 1. The number of hydrogen-bond acceptors (Lipinski definition) is 5. The second-order valence-electron chi connectivity index (χ2n) is 4.50. The molecule has 0 saturated heterocycles. The number of hydrogen-bond donors (Lipinski definition) is 2. The van der Waals surface area contributed by atoms with Gasteiger partial charge in [0.25, 0.3) is 5.69 Å². The summed E-state index contributed by atoms with van der Waals surface area (Å²) in [4.78, 5) is 10.4. The van der Waals surface area contributed by atoms with Crippen LogP contribution in [0.4, 0.5) is 11.4 Å². The van der Waals surface area contributed by atoms with Crippen molar-refractivity contribution in [2.24, 2.45) is 5.73 Å². The van der Waals surface area contributed by atoms with E-state index in [4.69, 9.17) is 10.5 Å². The Hall–Kier alpha value is -1.82. The number of nitrogens with one attached hydrogen (secondary N) is 1. The topological polar surface area (TPSA) is 90.4 Å². The summed E-state index contributed by atoms with van der Waals surface area (Å²) in [5, 5.41) is 13.9. The molecule has 6 nitrogen and oxygen atoms in total. The predicted molar refractivity (Wildman–Crippen MR) is 71.0 cm³/mol. The molecule has 0 spiro atoms. The Morgan fingerprint density at radius 1 is 1.39 bits per heavy atom. The lowest BCUT2D eigenvalue weighted by atomic mass is 10.2. The molecule has 1 atom stereocenters. The summed E-state index contributed by atoms with van der Waals surface area (Å²) in [7, 11) is 0. The van der Waals surface area contributed by atoms with E-state index in [0.29, 0.717) is 18.0 Å². The molecule has 18 heavy (non-hydrogen) atoms. The SMILES string of the molecule is CC(N)CNc1cc(OC(C)C)cc([N+](=O)[O-])c1. The van der Waals surface area contributed by atoms with Crippen LogP contribution in [0.5, 0.6) is 5.75 Å². The molecule has 6 heteroatoms. The van der Waals surface area contributed by atoms with E-state index in [0.717, 1.165) is 0 Å². The normalized spacial score (nSPS) is 12.3. The Kier molecular flexibility index (Phi) is 4.91. The number of nitro benzene ring substituents is 1. The molecule has 1 aromatic carbocycles. The van der Waals surface area contributed by atoms with Crippen molar-refractivity contribution in [3.63, 3.8) is 0 Å². The fourth-order valence-electron chi connectivity index (χ4n) is 1.41. The van der Waals surface area contributed by atoms with Crippen LogP contribution >= 0.6 is 0 Å². The number of nitrogens with zero attached hydrogens (tertiary/aromatic N) is 1. The largest absolute Gasteiger partial charge is 0.491 e. The van der Waals surface area contributed by atoms with Crippen molar-refractivity contribution in [3.05, 3.63) is 28.3 Å². The van der Waals surface area contributed by atoms with E-state index in [9.17, 15) is 10.1 Å². The Bertz CT molecular complexity index is 419. The summed E-state index contributed by atoms with van der Waals surface area (Å²) in [6.45, 7) is 6.14. The second-order valence-corrected chi connectivity index (χ2v) is 4.50. The smallest absolute Gasteiger partial charge is 0.275 e. The Morgan fingerprint density at radius 2 is 2.06 bits per heavy atom. The van der Waals surface area contributed by atoms with E-state index in [1.54, 1.807) is 6.07 Å². The predicted octanol–water partition coefficient (Wildman–Crippen LogP) is 2.14. The molecule has 1 unspecified atom stereocenters. The number of nitro groups is 1. The molecule has 0 bridgehead atoms. The maximum absolute atomic E-state index is 10.8. The van der Waals surface area contributed by atoms with Crippen LogP contribution in [-0.2, 0) is 0 Å². The maximum Gasteiger partial charge on any atom is 0.275 e. The van der Waals surface area contributed by atoms with Gasteiger partial charge in [-0.05, 0) is 20.8 Å². The zero-order chi connectivity index (χ0) is 13.7. The average Bonchev–Trinajstić information content (AvgIpc) is 2.25. The minimum atomic E-state index is -0.440. The third-order valence-corrected chi connectivity index (χ3v) is 2.10. The summed E-state index contributed by atoms with van der Waals surface area (Å²) < 4.78 is 5.48. The van der Waals surface area contributed by atoms with Crippen molar-refractivity contribution < 1.29 is 9.66 Å². The van der Waals surface area contributed by atoms with E-state index in [1.807, 2.05) is 20.8 Å². The molecule has 3 N–H and O–H groups in total. The molecule has 0 amide bonds. The van der Waals surface area contributed by atoms with Crippen molar-refractivity contribution in [1.29, 1.82) is 0 Å². The highest BCUT2D eigenvalue weighted by molar-refractivity contribution is 5.56. The molecule has 0 radical (unpaired) electrons. The average molecular weight is 253 g/mol. The first kappa shape index (κ1) is 14.2. The van der Waals surface area contributed by atoms with Gasteiger partial charge in [0.05, 0.1) is 17.1 Å². The van der Waals surface area contributed by atoms with Crippen LogP contribution < -0.4 is 15.8 Å². The van der Waals surface area contributed by atoms with Crippen LogP contribution in [0.25, 0.3) is 0 Å². The van der Waals surface area contributed by atoms with Crippen LogP contribution in [0.1, 0.15) is 20.8 Å². The van der Waals surface area contributed by atoms with E-state index in [1.165, 1.54) is 12.1 Å². The van der Waals surface area contributed by atoms with Crippen molar-refractivity contribution in [2.45, 2.75) is 32.9 Å². The van der Waals surface area contributed by atoms with Crippen molar-refractivity contribution >= 4 is 11.4 Å². The van der Waals surface area contributed by atoms with Crippen molar-refractivity contribution in [3.8, 4) is 5.75 Å². The molecular formula is C12H19N3O3. The zero-order valence-corrected chi connectivity index (χ0v) is 10.8. The molecule has 0 heterocycles. The minimum absolute atomic E-state index is 0.000300. The maximum atomic E-state index is 10.8. The molecule has 0 saturated carbocycles. The van der Waals surface area contributed by atoms with E-state index < -0.39 is 4.92 Å². The third kappa shape index (κ3) is 4.58. The summed E-state index contributed by atoms with van der Waals surface area (Å²) in [5.74, 6) is 0.478. The van der Waals surface area contributed by atoms with E-state index in [-0.39, 0.29) is 17.8 Å². The van der Waals surface area contributed by atoms with Gasteiger partial charge in [-0.2, -0.15) is 0 Å². The van der Waals surface area contributed by atoms with Gasteiger partial charge in [-0.3, -0.25) is 10.1 Å². The zero-order valence-electron chi connectivity index (χ0n) is 10.8. The summed E-state index contributed by atoms with van der Waals surface area (Å²) in [6, 6.07) is 4.58. The number of benzene rings is 1. The molecule has 0 fully saturated rings. The van der Waals surface area contributed by atoms with Gasteiger partial charge in [-0.15, -0.1) is 0 Å². The Balaban J connectivity index is 2.94. The van der Waals surface area contributed by atoms with Crippen LogP contribution in [0, 0.1) is 10.1 Å². The lowest BCUT2D eigenvalue weighted by molar-refractivity contribution is -0.384. The Morgan fingerprint density at radius 3 is 2.56 bits per heavy atom. The van der Waals surface area contributed by atoms with Gasteiger partial charge in [0.2, 0.25) is 0 Å². The first-order valence-corrected chi connectivity index (χ1v) is 5.84. The van der Waals surface area contributed by atoms with Crippen molar-refractivity contribution in [2.75, 3.05) is 11.9 Å². The standard InChI is InChI=1S/C12H19N3O3/c1-8(2)18-12-5-10(14-7-9(3)13)4-11(6-12)15(16)17/h4-6,8-9,14H,7,13H2,1-3H3. The van der Waals surface area contributed by atoms with Gasteiger partial charge >= 0.3 is 0 Å². The van der Waals surface area contributed by atoms with Gasteiger partial charge in [0.15, 0.2) is 0 Å². The molecule has 100 valence electrons. The van der Waals surface area contributed by atoms with Gasteiger partial charge in [-0.1, -0.05) is 0 Å². The Labute approximate surface area is 106 Å². The van der Waals surface area contributed by atoms with E-state index >= 15 is 0 Å². The number of non-ortho nitro benzene ring substituents is 1. The quantitative estimate of drug-likeness (QED) is 0.598. The first-order chi connectivity index (χ1) is 8.38. The molecule has 0 aliphatic rings. The summed E-state index contributed by atoms with van der Waals surface area (Å²) in [5.41, 5.74) is 6.27. The minimum Gasteiger partial charge on any atom is -0.491 e. The number of nitrogens with two attached hydrogens (primary N) is 1. The third-order valence-electron chi connectivity index (χ3n) is 2.10. The van der Waals surface area contributed by atoms with Crippen LogP contribution in [0.3, 0.4) is 0 Å². The van der Waals surface area contributed by atoms with Crippen LogP contribution in [0.15, 0.2) is 18.2 Å². The summed E-state index contributed by atoms with van der Waals surface area (Å²) in [6.07, 6.45) is -0.0340. The summed E-state index contributed by atoms with van der Waals surface area (Å²) >= 11 is 0. The van der Waals surface area contributed by atoms with Gasteiger partial charge in [0, 0.05) is 30.4 Å². The van der Waals surface area contributed by atoms with Gasteiger partial charge in [-0.25, -0.2) is 0 Å². The molecule has 0 aromatic heterocycles. The van der Waals surface area contributed by atoms with Crippen molar-refractivity contribution in [1.82, 2.24) is 0 Å². The fourth-order valence-corrected chi connectivity index (χ4v) is 1.41. The number of anilines is 1. The molecular weight excluding hydrogens is 234 g/mol. The first-order valence-electron chi connectivity index (χ1n) is 5.84. The van der Waals surface area contributed by atoms with Gasteiger partial charge < -0.3 is 15.8 Å². The fraction of sp³-hybridized carbons (Fsp3) is 0.500. The highest BCUT2D eigenvalue weighted by Crippen LogP contribution is 2.26. The lowest BCUT2D eigenvalue weighted by Gasteiger charge is -2.13. The van der Waals surface area contributed by atoms with Crippen LogP contribution in [0.2, 0.25) is 0 Å². The van der Waals surface area contributed by atoms with Gasteiger partial charge in [0.1, 0.15) is 5.75 Å². The molecule has 1 aromatic rings. The lowest BCUT2D eigenvalue weighted by Crippen LogP contribution is -2.25. The second kappa shape index (κ2) is 6.20. The highest BCUT2D eigenvalue weighted by atomic mass is 16.6. The van der Waals surface area contributed by atoms with E-state index in [2.05, 4.69) is 5.32 Å². The van der Waals surface area contributed by atoms with Crippen LogP contribution in [-0.4, -0.2) is 23.6 Å². The molecule has 0 aliphatic carbocycles.